The first-order valence-corrected chi connectivity index (χ1v) is 10.4. The van der Waals surface area contributed by atoms with E-state index >= 15 is 0 Å². The SMILES string of the molecule is CC[C@H]1C(=O)Nc2c(C)nc(N[C@H]3C[C@@H](COc4cnc(C(F)(F)F)nc4)C3)nc2N1C. The number of ether oxygens (including phenoxy) is 1. The van der Waals surface area contributed by atoms with Gasteiger partial charge in [-0.1, -0.05) is 6.92 Å². The molecule has 1 saturated carbocycles. The Hall–Kier alpha value is -3.18. The number of carbonyl (C=O) groups excluding carboxylic acids is 1. The number of likely N-dealkylation sites (N-methyl/N-ethyl adjacent to an activating group) is 1. The molecule has 0 radical (unpaired) electrons. The summed E-state index contributed by atoms with van der Waals surface area (Å²) in [6, 6.07) is -0.112. The highest BCUT2D eigenvalue weighted by molar-refractivity contribution is 6.03. The van der Waals surface area contributed by atoms with Gasteiger partial charge in [0.2, 0.25) is 17.7 Å². The number of nitrogens with one attached hydrogen (secondary N) is 2. The average Bonchev–Trinajstić information content (AvgIpc) is 2.70. The highest BCUT2D eigenvalue weighted by Crippen LogP contribution is 2.35. The molecule has 2 aromatic rings. The molecule has 9 nitrogen and oxygen atoms in total. The lowest BCUT2D eigenvalue weighted by atomic mass is 9.81. The fourth-order valence-electron chi connectivity index (χ4n) is 3.94. The molecule has 0 bridgehead atoms. The molecule has 2 N–H and O–H groups in total. The van der Waals surface area contributed by atoms with Crippen molar-refractivity contribution >= 4 is 23.4 Å². The van der Waals surface area contributed by atoms with Crippen LogP contribution in [-0.2, 0) is 11.0 Å². The third-order valence-corrected chi connectivity index (χ3v) is 5.75. The van der Waals surface area contributed by atoms with Gasteiger partial charge in [0.1, 0.15) is 11.7 Å². The zero-order chi connectivity index (χ0) is 23.0. The van der Waals surface area contributed by atoms with Gasteiger partial charge in [-0.05, 0) is 32.1 Å². The maximum atomic E-state index is 12.5. The average molecular weight is 451 g/mol. The zero-order valence-electron chi connectivity index (χ0n) is 17.9. The van der Waals surface area contributed by atoms with Crippen molar-refractivity contribution in [2.75, 3.05) is 29.2 Å². The zero-order valence-corrected chi connectivity index (χ0v) is 17.9. The van der Waals surface area contributed by atoms with Crippen LogP contribution in [0.4, 0.5) is 30.6 Å². The van der Waals surface area contributed by atoms with Gasteiger partial charge >= 0.3 is 6.18 Å². The Morgan fingerprint density at radius 1 is 1.25 bits per heavy atom. The van der Waals surface area contributed by atoms with Gasteiger partial charge in [0.25, 0.3) is 0 Å². The van der Waals surface area contributed by atoms with Crippen LogP contribution in [-0.4, -0.2) is 51.6 Å². The first-order chi connectivity index (χ1) is 15.2. The van der Waals surface area contributed by atoms with Crippen LogP contribution in [0.5, 0.6) is 5.75 Å². The van der Waals surface area contributed by atoms with Gasteiger partial charge < -0.3 is 20.3 Å². The molecule has 0 saturated heterocycles. The molecule has 32 heavy (non-hydrogen) atoms. The van der Waals surface area contributed by atoms with Crippen molar-refractivity contribution in [1.29, 1.82) is 0 Å². The van der Waals surface area contributed by atoms with E-state index in [-0.39, 0.29) is 29.7 Å². The number of halogens is 3. The number of anilines is 3. The van der Waals surface area contributed by atoms with E-state index in [1.165, 1.54) is 0 Å². The summed E-state index contributed by atoms with van der Waals surface area (Å²) in [5.41, 5.74) is 1.32. The van der Waals surface area contributed by atoms with Gasteiger partial charge in [0.15, 0.2) is 11.6 Å². The van der Waals surface area contributed by atoms with Gasteiger partial charge in [-0.3, -0.25) is 4.79 Å². The number of rotatable bonds is 6. The first kappa shape index (κ1) is 22.0. The van der Waals surface area contributed by atoms with Gasteiger partial charge in [-0.25, -0.2) is 15.0 Å². The minimum Gasteiger partial charge on any atom is -0.490 e. The van der Waals surface area contributed by atoms with Crippen LogP contribution >= 0.6 is 0 Å². The molecule has 0 spiro atoms. The smallest absolute Gasteiger partial charge is 0.451 e. The van der Waals surface area contributed by atoms with Gasteiger partial charge in [0, 0.05) is 13.1 Å². The summed E-state index contributed by atoms with van der Waals surface area (Å²) < 4.78 is 43.0. The Kier molecular flexibility index (Phi) is 5.78. The number of hydrogen-bond donors (Lipinski definition) is 2. The van der Waals surface area contributed by atoms with E-state index in [1.54, 1.807) is 0 Å². The largest absolute Gasteiger partial charge is 0.490 e. The molecule has 3 heterocycles. The van der Waals surface area contributed by atoms with Crippen molar-refractivity contribution < 1.29 is 22.7 Å². The summed E-state index contributed by atoms with van der Waals surface area (Å²) in [7, 11) is 1.85. The molecule has 0 unspecified atom stereocenters. The molecule has 2 aliphatic rings. The molecule has 2 aromatic heterocycles. The summed E-state index contributed by atoms with van der Waals surface area (Å²) in [6.07, 6.45) is -0.210. The number of alkyl halides is 3. The Labute approximate surface area is 182 Å². The van der Waals surface area contributed by atoms with Crippen molar-refractivity contribution in [2.24, 2.45) is 5.92 Å². The molecular formula is C20H24F3N7O2. The molecule has 1 aliphatic carbocycles. The van der Waals surface area contributed by atoms with Crippen molar-refractivity contribution in [3.63, 3.8) is 0 Å². The lowest BCUT2D eigenvalue weighted by Gasteiger charge is -2.37. The lowest BCUT2D eigenvalue weighted by molar-refractivity contribution is -0.145. The Bertz CT molecular complexity index is 994. The molecule has 0 aromatic carbocycles. The summed E-state index contributed by atoms with van der Waals surface area (Å²) in [5, 5.41) is 6.22. The number of fused-ring (bicyclic) bond motifs is 1. The Morgan fingerprint density at radius 2 is 1.94 bits per heavy atom. The first-order valence-electron chi connectivity index (χ1n) is 10.4. The van der Waals surface area contributed by atoms with E-state index in [4.69, 9.17) is 4.74 Å². The van der Waals surface area contributed by atoms with Crippen LogP contribution in [0.25, 0.3) is 0 Å². The van der Waals surface area contributed by atoms with Crippen LogP contribution in [0.2, 0.25) is 0 Å². The predicted octanol–water partition coefficient (Wildman–Crippen LogP) is 3.03. The minimum absolute atomic E-state index is 0.0600. The van der Waals surface area contributed by atoms with Crippen molar-refractivity contribution in [2.45, 2.75) is 51.4 Å². The summed E-state index contributed by atoms with van der Waals surface area (Å²) in [4.78, 5) is 29.8. The molecule has 12 heteroatoms. The summed E-state index contributed by atoms with van der Waals surface area (Å²) in [5.74, 6) is 0.398. The number of aromatic nitrogens is 4. The van der Waals surface area contributed by atoms with Gasteiger partial charge in [-0.2, -0.15) is 18.2 Å². The van der Waals surface area contributed by atoms with E-state index in [2.05, 4.69) is 30.6 Å². The number of aryl methyl sites for hydroxylation is 1. The lowest BCUT2D eigenvalue weighted by Crippen LogP contribution is -2.46. The number of hydrogen-bond acceptors (Lipinski definition) is 8. The second-order valence-corrected chi connectivity index (χ2v) is 8.09. The number of amides is 1. The molecule has 1 aliphatic heterocycles. The number of carbonyl (C=O) groups is 1. The Morgan fingerprint density at radius 3 is 2.56 bits per heavy atom. The standard InChI is InChI=1S/C20H24F3N7O2/c1-4-14-17(31)28-15-10(2)26-19(29-16(15)30(14)3)27-12-5-11(6-12)9-32-13-7-24-18(25-8-13)20(21,22)23/h7-8,11-12,14H,4-6,9H2,1-3H3,(H,28,31)(H,26,27,29)/t11-,12+,14-/m0/s1. The highest BCUT2D eigenvalue weighted by atomic mass is 19.4. The molecule has 1 amide bonds. The summed E-state index contributed by atoms with van der Waals surface area (Å²) in [6.45, 7) is 4.14. The van der Waals surface area contributed by atoms with Crippen LogP contribution in [0, 0.1) is 12.8 Å². The van der Waals surface area contributed by atoms with Crippen molar-refractivity contribution in [1.82, 2.24) is 19.9 Å². The van der Waals surface area contributed by atoms with E-state index < -0.39 is 12.0 Å². The van der Waals surface area contributed by atoms with Crippen molar-refractivity contribution in [3.05, 3.63) is 23.9 Å². The Balaban J connectivity index is 1.31. The molecule has 1 fully saturated rings. The molecule has 4 rings (SSSR count). The monoisotopic (exact) mass is 451 g/mol. The third kappa shape index (κ3) is 4.39. The van der Waals surface area contributed by atoms with Crippen LogP contribution < -0.4 is 20.3 Å². The highest BCUT2D eigenvalue weighted by Gasteiger charge is 2.35. The normalized spacial score (nSPS) is 22.6. The molecule has 172 valence electrons. The second-order valence-electron chi connectivity index (χ2n) is 8.09. The van der Waals surface area contributed by atoms with Gasteiger partial charge in [0.05, 0.1) is 24.7 Å². The van der Waals surface area contributed by atoms with Crippen LogP contribution in [0.1, 0.15) is 37.7 Å². The van der Waals surface area contributed by atoms with E-state index in [0.717, 1.165) is 25.2 Å². The van der Waals surface area contributed by atoms with Crippen molar-refractivity contribution in [3.8, 4) is 5.75 Å². The second kappa shape index (κ2) is 8.40. The van der Waals surface area contributed by atoms with E-state index in [0.29, 0.717) is 36.2 Å². The van der Waals surface area contributed by atoms with Crippen LogP contribution in [0.3, 0.4) is 0 Å². The number of nitrogens with zero attached hydrogens (tertiary/aromatic N) is 5. The quantitative estimate of drug-likeness (QED) is 0.691. The van der Waals surface area contributed by atoms with E-state index in [1.807, 2.05) is 25.8 Å². The summed E-state index contributed by atoms with van der Waals surface area (Å²) >= 11 is 0. The fraction of sp³-hybridized carbons (Fsp3) is 0.550. The van der Waals surface area contributed by atoms with Crippen LogP contribution in [0.15, 0.2) is 12.4 Å². The third-order valence-electron chi connectivity index (χ3n) is 5.75. The van der Waals surface area contributed by atoms with E-state index in [9.17, 15) is 18.0 Å². The minimum atomic E-state index is -4.57. The molecule has 1 atom stereocenters. The topological polar surface area (TPSA) is 105 Å². The fourth-order valence-corrected chi connectivity index (χ4v) is 3.94. The van der Waals surface area contributed by atoms with Gasteiger partial charge in [-0.15, -0.1) is 0 Å². The molecular weight excluding hydrogens is 427 g/mol. The predicted molar refractivity (Wildman–Crippen MR) is 111 cm³/mol. The maximum absolute atomic E-state index is 12.5. The maximum Gasteiger partial charge on any atom is 0.451 e.